The van der Waals surface area contributed by atoms with Crippen molar-refractivity contribution in [3.8, 4) is 17.0 Å². The molecule has 0 spiro atoms. The first-order valence-electron chi connectivity index (χ1n) is 9.49. The van der Waals surface area contributed by atoms with E-state index >= 15 is 0 Å². The number of nitrogens with zero attached hydrogens (tertiary/aromatic N) is 2. The predicted molar refractivity (Wildman–Crippen MR) is 117 cm³/mol. The summed E-state index contributed by atoms with van der Waals surface area (Å²) in [6.45, 7) is 8.72. The Morgan fingerprint density at radius 1 is 1.04 bits per heavy atom. The van der Waals surface area contributed by atoms with Gasteiger partial charge in [-0.2, -0.15) is 0 Å². The number of rotatable bonds is 8. The van der Waals surface area contributed by atoms with Gasteiger partial charge in [0.1, 0.15) is 5.75 Å². The van der Waals surface area contributed by atoms with Crippen LogP contribution in [0.15, 0.2) is 53.9 Å². The molecule has 0 bridgehead atoms. The fourth-order valence-corrected chi connectivity index (χ4v) is 3.65. The van der Waals surface area contributed by atoms with Crippen molar-refractivity contribution in [2.45, 2.75) is 20.8 Å². The second-order valence-electron chi connectivity index (χ2n) is 6.17. The van der Waals surface area contributed by atoms with Gasteiger partial charge >= 0.3 is 0 Å². The summed E-state index contributed by atoms with van der Waals surface area (Å²) >= 11 is 1.41. The van der Waals surface area contributed by atoms with Crippen molar-refractivity contribution in [2.75, 3.05) is 29.9 Å². The lowest BCUT2D eigenvalue weighted by molar-refractivity contribution is 0.102. The summed E-state index contributed by atoms with van der Waals surface area (Å²) in [5, 5.41) is 5.41. The van der Waals surface area contributed by atoms with E-state index in [2.05, 4.69) is 29.0 Å². The van der Waals surface area contributed by atoms with Crippen LogP contribution in [0.25, 0.3) is 11.3 Å². The number of benzene rings is 2. The molecule has 0 unspecified atom stereocenters. The minimum Gasteiger partial charge on any atom is -0.494 e. The molecule has 0 fully saturated rings. The van der Waals surface area contributed by atoms with Crippen LogP contribution in [0.1, 0.15) is 31.1 Å². The molecular formula is C22H25N3O2S. The van der Waals surface area contributed by atoms with E-state index in [0.29, 0.717) is 17.3 Å². The molecule has 1 heterocycles. The molecule has 1 N–H and O–H groups in total. The van der Waals surface area contributed by atoms with Gasteiger partial charge in [0.25, 0.3) is 5.91 Å². The Bertz CT molecular complexity index is 900. The largest absolute Gasteiger partial charge is 0.494 e. The van der Waals surface area contributed by atoms with Gasteiger partial charge in [-0.3, -0.25) is 10.1 Å². The number of hydrogen-bond donors (Lipinski definition) is 1. The van der Waals surface area contributed by atoms with E-state index in [4.69, 9.17) is 4.74 Å². The topological polar surface area (TPSA) is 54.5 Å². The van der Waals surface area contributed by atoms with Gasteiger partial charge in [0.05, 0.1) is 12.3 Å². The molecule has 0 radical (unpaired) electrons. The lowest BCUT2D eigenvalue weighted by Gasteiger charge is -2.20. The van der Waals surface area contributed by atoms with Crippen molar-refractivity contribution in [1.82, 2.24) is 4.98 Å². The highest BCUT2D eigenvalue weighted by Gasteiger charge is 2.11. The monoisotopic (exact) mass is 395 g/mol. The van der Waals surface area contributed by atoms with Gasteiger partial charge in [0.2, 0.25) is 0 Å². The highest BCUT2D eigenvalue weighted by molar-refractivity contribution is 7.14. The zero-order chi connectivity index (χ0) is 19.9. The Labute approximate surface area is 170 Å². The zero-order valence-electron chi connectivity index (χ0n) is 16.4. The zero-order valence-corrected chi connectivity index (χ0v) is 17.3. The maximum Gasteiger partial charge on any atom is 0.257 e. The van der Waals surface area contributed by atoms with E-state index in [9.17, 15) is 4.79 Å². The summed E-state index contributed by atoms with van der Waals surface area (Å²) in [5.74, 6) is 0.682. The summed E-state index contributed by atoms with van der Waals surface area (Å²) < 4.78 is 5.46. The number of anilines is 2. The van der Waals surface area contributed by atoms with Crippen LogP contribution in [0.4, 0.5) is 10.8 Å². The van der Waals surface area contributed by atoms with Gasteiger partial charge in [-0.05, 0) is 69.3 Å². The molecule has 0 atom stereocenters. The number of thiazole rings is 1. The van der Waals surface area contributed by atoms with Gasteiger partial charge < -0.3 is 9.64 Å². The molecule has 146 valence electrons. The standard InChI is InChI=1S/C22H25N3O2S/c1-4-25(5-2)18-11-7-17(8-12-18)21(26)24-22-23-20(15-28-22)16-9-13-19(14-10-16)27-6-3/h7-15H,4-6H2,1-3H3,(H,23,24,26). The van der Waals surface area contributed by atoms with Crippen LogP contribution in [0, 0.1) is 0 Å². The summed E-state index contributed by atoms with van der Waals surface area (Å²) in [6, 6.07) is 15.5. The molecule has 0 aliphatic heterocycles. The van der Waals surface area contributed by atoms with Crippen LogP contribution in [-0.2, 0) is 0 Å². The second-order valence-corrected chi connectivity index (χ2v) is 7.03. The predicted octanol–water partition coefficient (Wildman–Crippen LogP) is 5.31. The fourth-order valence-electron chi connectivity index (χ4n) is 2.93. The molecule has 3 rings (SSSR count). The Morgan fingerprint density at radius 3 is 2.32 bits per heavy atom. The van der Waals surface area contributed by atoms with E-state index in [1.165, 1.54) is 11.3 Å². The first-order chi connectivity index (χ1) is 13.6. The molecule has 0 saturated heterocycles. The molecule has 6 heteroatoms. The molecule has 5 nitrogen and oxygen atoms in total. The first-order valence-corrected chi connectivity index (χ1v) is 10.4. The highest BCUT2D eigenvalue weighted by Crippen LogP contribution is 2.27. The summed E-state index contributed by atoms with van der Waals surface area (Å²) in [7, 11) is 0. The third-order valence-corrected chi connectivity index (χ3v) is 5.20. The lowest BCUT2D eigenvalue weighted by Crippen LogP contribution is -2.21. The van der Waals surface area contributed by atoms with Gasteiger partial charge in [0.15, 0.2) is 5.13 Å². The van der Waals surface area contributed by atoms with E-state index in [-0.39, 0.29) is 5.91 Å². The van der Waals surface area contributed by atoms with Gasteiger partial charge in [-0.1, -0.05) is 0 Å². The summed E-state index contributed by atoms with van der Waals surface area (Å²) in [5.41, 5.74) is 3.56. The molecule has 1 aromatic heterocycles. The molecule has 0 saturated carbocycles. The number of carbonyl (C=O) groups is 1. The maximum absolute atomic E-state index is 12.5. The van der Waals surface area contributed by atoms with Crippen LogP contribution >= 0.6 is 11.3 Å². The Hall–Kier alpha value is -2.86. The molecule has 1 amide bonds. The van der Waals surface area contributed by atoms with E-state index in [1.54, 1.807) is 0 Å². The van der Waals surface area contributed by atoms with Crippen LogP contribution < -0.4 is 15.0 Å². The van der Waals surface area contributed by atoms with Gasteiger partial charge in [-0.15, -0.1) is 11.3 Å². The van der Waals surface area contributed by atoms with Crippen molar-refractivity contribution in [2.24, 2.45) is 0 Å². The van der Waals surface area contributed by atoms with Crippen molar-refractivity contribution in [3.05, 3.63) is 59.5 Å². The minimum atomic E-state index is -0.154. The Balaban J connectivity index is 1.66. The van der Waals surface area contributed by atoms with E-state index in [0.717, 1.165) is 35.8 Å². The third kappa shape index (κ3) is 4.70. The molecular weight excluding hydrogens is 370 g/mol. The van der Waals surface area contributed by atoms with Crippen molar-refractivity contribution < 1.29 is 9.53 Å². The smallest absolute Gasteiger partial charge is 0.257 e. The van der Waals surface area contributed by atoms with Crippen molar-refractivity contribution in [1.29, 1.82) is 0 Å². The van der Waals surface area contributed by atoms with Crippen molar-refractivity contribution >= 4 is 28.1 Å². The molecule has 2 aromatic carbocycles. The lowest BCUT2D eigenvalue weighted by atomic mass is 10.2. The number of amides is 1. The van der Waals surface area contributed by atoms with E-state index in [1.807, 2.05) is 60.8 Å². The number of aromatic nitrogens is 1. The summed E-state index contributed by atoms with van der Waals surface area (Å²) in [6.07, 6.45) is 0. The maximum atomic E-state index is 12.5. The normalized spacial score (nSPS) is 10.5. The van der Waals surface area contributed by atoms with Crippen LogP contribution in [0.3, 0.4) is 0 Å². The molecule has 3 aromatic rings. The minimum absolute atomic E-state index is 0.154. The first kappa shape index (κ1) is 19.9. The van der Waals surface area contributed by atoms with Crippen LogP contribution in [-0.4, -0.2) is 30.6 Å². The van der Waals surface area contributed by atoms with Gasteiger partial charge in [0, 0.05) is 35.3 Å². The fraction of sp³-hybridized carbons (Fsp3) is 0.273. The summed E-state index contributed by atoms with van der Waals surface area (Å²) in [4.78, 5) is 19.3. The number of ether oxygens (including phenoxy) is 1. The van der Waals surface area contributed by atoms with Crippen LogP contribution in [0.2, 0.25) is 0 Å². The quantitative estimate of drug-likeness (QED) is 0.562. The number of nitrogens with one attached hydrogen (secondary N) is 1. The Morgan fingerprint density at radius 2 is 1.71 bits per heavy atom. The average molecular weight is 396 g/mol. The number of carbonyl (C=O) groups excluding carboxylic acids is 1. The average Bonchev–Trinajstić information content (AvgIpc) is 3.18. The van der Waals surface area contributed by atoms with Crippen LogP contribution in [0.5, 0.6) is 5.75 Å². The second kappa shape index (κ2) is 9.37. The molecule has 28 heavy (non-hydrogen) atoms. The van der Waals surface area contributed by atoms with Crippen molar-refractivity contribution in [3.63, 3.8) is 0 Å². The van der Waals surface area contributed by atoms with E-state index < -0.39 is 0 Å². The Kier molecular flexibility index (Phi) is 6.66. The number of hydrogen-bond acceptors (Lipinski definition) is 5. The van der Waals surface area contributed by atoms with Gasteiger partial charge in [-0.25, -0.2) is 4.98 Å². The SMILES string of the molecule is CCOc1ccc(-c2csc(NC(=O)c3ccc(N(CC)CC)cc3)n2)cc1. The third-order valence-electron chi connectivity index (χ3n) is 4.44. The molecule has 0 aliphatic carbocycles. The molecule has 0 aliphatic rings. The highest BCUT2D eigenvalue weighted by atomic mass is 32.1.